The van der Waals surface area contributed by atoms with E-state index in [0.29, 0.717) is 23.6 Å². The Labute approximate surface area is 142 Å². The van der Waals surface area contributed by atoms with E-state index in [1.165, 1.54) is 12.1 Å². The van der Waals surface area contributed by atoms with Crippen molar-refractivity contribution >= 4 is 5.91 Å². The molecule has 1 heterocycles. The molecule has 0 bridgehead atoms. The van der Waals surface area contributed by atoms with Crippen molar-refractivity contribution in [3.63, 3.8) is 0 Å². The van der Waals surface area contributed by atoms with Gasteiger partial charge in [-0.3, -0.25) is 4.79 Å². The zero-order valence-corrected chi connectivity index (χ0v) is 13.7. The van der Waals surface area contributed by atoms with Crippen LogP contribution < -0.4 is 0 Å². The molecule has 0 radical (unpaired) electrons. The molecule has 1 aliphatic rings. The second kappa shape index (κ2) is 6.85. The van der Waals surface area contributed by atoms with Gasteiger partial charge in [0.05, 0.1) is 0 Å². The number of halogens is 3. The molecule has 1 saturated carbocycles. The van der Waals surface area contributed by atoms with Crippen LogP contribution in [0, 0.1) is 5.92 Å². The standard InChI is InChI=1S/C17H18F3N3O2/c1-2-9-23(10-11-3-4-11)15(24)13-7-5-12(6-8-13)14-21-16(25-22-14)17(18,19)20/h5-8,11H,2-4,9-10H2,1H3. The third kappa shape index (κ3) is 4.18. The third-order valence-corrected chi connectivity index (χ3v) is 4.01. The predicted octanol–water partition coefficient (Wildman–Crippen LogP) is 4.02. The Morgan fingerprint density at radius 2 is 1.96 bits per heavy atom. The van der Waals surface area contributed by atoms with Gasteiger partial charge in [-0.05, 0) is 37.3 Å². The lowest BCUT2D eigenvalue weighted by molar-refractivity contribution is -0.159. The number of carbonyl (C=O) groups is 1. The van der Waals surface area contributed by atoms with Crippen LogP contribution in [0.15, 0.2) is 28.8 Å². The topological polar surface area (TPSA) is 59.2 Å². The minimum atomic E-state index is -4.68. The maximum Gasteiger partial charge on any atom is 0.471 e. The number of nitrogens with zero attached hydrogens (tertiary/aromatic N) is 3. The van der Waals surface area contributed by atoms with Gasteiger partial charge in [0, 0.05) is 24.2 Å². The van der Waals surface area contributed by atoms with Crippen LogP contribution in [0.1, 0.15) is 42.4 Å². The highest BCUT2D eigenvalue weighted by Crippen LogP contribution is 2.31. The molecule has 1 aliphatic carbocycles. The van der Waals surface area contributed by atoms with Gasteiger partial charge in [-0.2, -0.15) is 18.2 Å². The first kappa shape index (κ1) is 17.4. The van der Waals surface area contributed by atoms with Gasteiger partial charge in [-0.1, -0.05) is 24.2 Å². The fourth-order valence-electron chi connectivity index (χ4n) is 2.56. The lowest BCUT2D eigenvalue weighted by Gasteiger charge is -2.22. The van der Waals surface area contributed by atoms with Gasteiger partial charge in [0.2, 0.25) is 5.82 Å². The van der Waals surface area contributed by atoms with Crippen molar-refractivity contribution in [3.8, 4) is 11.4 Å². The Kier molecular flexibility index (Phi) is 4.78. The minimum absolute atomic E-state index is 0.0654. The summed E-state index contributed by atoms with van der Waals surface area (Å²) in [5.41, 5.74) is 0.859. The highest BCUT2D eigenvalue weighted by Gasteiger charge is 2.38. The van der Waals surface area contributed by atoms with E-state index < -0.39 is 12.1 Å². The highest BCUT2D eigenvalue weighted by molar-refractivity contribution is 5.94. The molecule has 5 nitrogen and oxygen atoms in total. The van der Waals surface area contributed by atoms with E-state index in [9.17, 15) is 18.0 Å². The van der Waals surface area contributed by atoms with E-state index in [-0.39, 0.29) is 11.7 Å². The summed E-state index contributed by atoms with van der Waals surface area (Å²) in [5.74, 6) is -1.02. The molecule has 0 saturated heterocycles. The van der Waals surface area contributed by atoms with E-state index in [1.54, 1.807) is 12.1 Å². The zero-order chi connectivity index (χ0) is 18.0. The number of hydrogen-bond donors (Lipinski definition) is 0. The average molecular weight is 353 g/mol. The monoisotopic (exact) mass is 353 g/mol. The summed E-state index contributed by atoms with van der Waals surface area (Å²) >= 11 is 0. The normalized spacial score (nSPS) is 14.6. The Morgan fingerprint density at radius 1 is 1.28 bits per heavy atom. The van der Waals surface area contributed by atoms with Crippen LogP contribution >= 0.6 is 0 Å². The van der Waals surface area contributed by atoms with Crippen LogP contribution in [0.25, 0.3) is 11.4 Å². The fraction of sp³-hybridized carbons (Fsp3) is 0.471. The van der Waals surface area contributed by atoms with Crippen LogP contribution in [-0.2, 0) is 6.18 Å². The summed E-state index contributed by atoms with van der Waals surface area (Å²) in [4.78, 5) is 17.8. The first-order valence-electron chi connectivity index (χ1n) is 8.19. The van der Waals surface area contributed by atoms with Gasteiger partial charge < -0.3 is 9.42 Å². The number of aromatic nitrogens is 2. The van der Waals surface area contributed by atoms with Crippen molar-refractivity contribution in [1.82, 2.24) is 15.0 Å². The minimum Gasteiger partial charge on any atom is -0.338 e. The number of alkyl halides is 3. The molecule has 0 atom stereocenters. The smallest absolute Gasteiger partial charge is 0.338 e. The molecule has 0 unspecified atom stereocenters. The van der Waals surface area contributed by atoms with Crippen molar-refractivity contribution < 1.29 is 22.5 Å². The number of carbonyl (C=O) groups excluding carboxylic acids is 1. The summed E-state index contributed by atoms with van der Waals surface area (Å²) in [6.07, 6.45) is -1.48. The number of benzene rings is 1. The average Bonchev–Trinajstić information content (AvgIpc) is 3.24. The summed E-state index contributed by atoms with van der Waals surface area (Å²) in [6, 6.07) is 6.21. The van der Waals surface area contributed by atoms with Gasteiger partial charge in [0.1, 0.15) is 0 Å². The molecule has 0 aliphatic heterocycles. The summed E-state index contributed by atoms with van der Waals surface area (Å²) in [6.45, 7) is 3.47. The fourth-order valence-corrected chi connectivity index (χ4v) is 2.56. The van der Waals surface area contributed by atoms with Crippen LogP contribution in [0.3, 0.4) is 0 Å². The molecule has 2 aromatic rings. The maximum absolute atomic E-state index is 12.6. The molecule has 0 spiro atoms. The number of amides is 1. The van der Waals surface area contributed by atoms with E-state index in [4.69, 9.17) is 0 Å². The summed E-state index contributed by atoms with van der Waals surface area (Å²) in [7, 11) is 0. The molecule has 1 aromatic carbocycles. The molecule has 1 fully saturated rings. The van der Waals surface area contributed by atoms with E-state index in [1.807, 2.05) is 11.8 Å². The van der Waals surface area contributed by atoms with E-state index in [2.05, 4.69) is 14.7 Å². The Hall–Kier alpha value is -2.38. The second-order valence-electron chi connectivity index (χ2n) is 6.19. The van der Waals surface area contributed by atoms with Crippen LogP contribution in [0.2, 0.25) is 0 Å². The van der Waals surface area contributed by atoms with Crippen LogP contribution in [-0.4, -0.2) is 34.0 Å². The quantitative estimate of drug-likeness (QED) is 0.787. The van der Waals surface area contributed by atoms with Crippen molar-refractivity contribution in [2.24, 2.45) is 5.92 Å². The molecular weight excluding hydrogens is 335 g/mol. The molecule has 134 valence electrons. The Bertz CT molecular complexity index is 736. The zero-order valence-electron chi connectivity index (χ0n) is 13.7. The maximum atomic E-state index is 12.6. The largest absolute Gasteiger partial charge is 0.471 e. The summed E-state index contributed by atoms with van der Waals surface area (Å²) in [5, 5.41) is 3.34. The van der Waals surface area contributed by atoms with Gasteiger partial charge in [-0.25, -0.2) is 0 Å². The first-order valence-corrected chi connectivity index (χ1v) is 8.19. The van der Waals surface area contributed by atoms with E-state index >= 15 is 0 Å². The van der Waals surface area contributed by atoms with Crippen LogP contribution in [0.5, 0.6) is 0 Å². The predicted molar refractivity (Wildman–Crippen MR) is 83.7 cm³/mol. The molecule has 0 N–H and O–H groups in total. The SMILES string of the molecule is CCCN(CC1CC1)C(=O)c1ccc(-c2noc(C(F)(F)F)n2)cc1. The van der Waals surface area contributed by atoms with Crippen molar-refractivity contribution in [3.05, 3.63) is 35.7 Å². The Morgan fingerprint density at radius 3 is 2.48 bits per heavy atom. The van der Waals surface area contributed by atoms with Gasteiger partial charge in [0.25, 0.3) is 5.91 Å². The second-order valence-corrected chi connectivity index (χ2v) is 6.19. The molecule has 1 amide bonds. The summed E-state index contributed by atoms with van der Waals surface area (Å²) < 4.78 is 41.8. The molecule has 1 aromatic heterocycles. The first-order chi connectivity index (χ1) is 11.9. The lowest BCUT2D eigenvalue weighted by Crippen LogP contribution is -2.33. The van der Waals surface area contributed by atoms with Crippen molar-refractivity contribution in [2.75, 3.05) is 13.1 Å². The lowest BCUT2D eigenvalue weighted by atomic mass is 10.1. The molecule has 8 heteroatoms. The molecule has 25 heavy (non-hydrogen) atoms. The highest BCUT2D eigenvalue weighted by atomic mass is 19.4. The van der Waals surface area contributed by atoms with Gasteiger partial charge >= 0.3 is 12.1 Å². The Balaban J connectivity index is 1.74. The van der Waals surface area contributed by atoms with Crippen LogP contribution in [0.4, 0.5) is 13.2 Å². The number of hydrogen-bond acceptors (Lipinski definition) is 4. The molecule has 3 rings (SSSR count). The van der Waals surface area contributed by atoms with Gasteiger partial charge in [0.15, 0.2) is 0 Å². The third-order valence-electron chi connectivity index (χ3n) is 4.01. The van der Waals surface area contributed by atoms with Crippen molar-refractivity contribution in [2.45, 2.75) is 32.4 Å². The number of rotatable bonds is 6. The van der Waals surface area contributed by atoms with Crippen molar-refractivity contribution in [1.29, 1.82) is 0 Å². The van der Waals surface area contributed by atoms with Gasteiger partial charge in [-0.15, -0.1) is 0 Å². The van der Waals surface area contributed by atoms with E-state index in [0.717, 1.165) is 25.8 Å². The molecular formula is C17H18F3N3O2.